The fourth-order valence-electron chi connectivity index (χ4n) is 4.21. The van der Waals surface area contributed by atoms with Crippen molar-refractivity contribution in [3.8, 4) is 0 Å². The first-order chi connectivity index (χ1) is 14.6. The monoisotopic (exact) mass is 397 g/mol. The third-order valence-corrected chi connectivity index (χ3v) is 5.58. The van der Waals surface area contributed by atoms with Crippen molar-refractivity contribution < 1.29 is 4.92 Å². The van der Waals surface area contributed by atoms with E-state index in [1.165, 1.54) is 0 Å². The van der Waals surface area contributed by atoms with Gasteiger partial charge in [-0.05, 0) is 43.7 Å². The first kappa shape index (κ1) is 19.6. The summed E-state index contributed by atoms with van der Waals surface area (Å²) >= 11 is 0. The van der Waals surface area contributed by atoms with Crippen LogP contribution < -0.4 is 0 Å². The van der Waals surface area contributed by atoms with Crippen LogP contribution in [-0.4, -0.2) is 22.2 Å². The fraction of sp³-hybridized carbons (Fsp3) is 0.160. The minimum atomic E-state index is -0.306. The molecule has 0 unspecified atom stereocenters. The molecule has 0 radical (unpaired) electrons. The molecule has 0 amide bonds. The molecule has 30 heavy (non-hydrogen) atoms. The second-order valence-corrected chi connectivity index (χ2v) is 7.14. The van der Waals surface area contributed by atoms with E-state index < -0.39 is 0 Å². The van der Waals surface area contributed by atoms with E-state index in [9.17, 15) is 10.1 Å². The summed E-state index contributed by atoms with van der Waals surface area (Å²) in [6.45, 7) is 5.03. The van der Waals surface area contributed by atoms with Crippen LogP contribution in [0.15, 0.2) is 83.4 Å². The van der Waals surface area contributed by atoms with Crippen LogP contribution in [0, 0.1) is 17.0 Å². The van der Waals surface area contributed by atoms with Gasteiger partial charge in [-0.1, -0.05) is 42.5 Å². The minimum Gasteiger partial charge on any atom is -0.345 e. The molecular weight excluding hydrogens is 374 g/mol. The Hall–Kier alpha value is -3.73. The van der Waals surface area contributed by atoms with E-state index in [1.807, 2.05) is 48.6 Å². The second-order valence-electron chi connectivity index (χ2n) is 7.14. The number of aryl methyl sites for hydroxylation is 1. The Labute approximate surface area is 175 Å². The van der Waals surface area contributed by atoms with Crippen LogP contribution in [-0.2, 0) is 6.54 Å². The smallest absolute Gasteiger partial charge is 0.277 e. The number of aromatic nitrogens is 1. The molecule has 1 aliphatic rings. The first-order valence-corrected chi connectivity index (χ1v) is 9.96. The summed E-state index contributed by atoms with van der Waals surface area (Å²) in [5.41, 5.74) is 6.64. The molecule has 0 aliphatic heterocycles. The summed E-state index contributed by atoms with van der Waals surface area (Å²) in [5.74, 6) is 0. The van der Waals surface area contributed by atoms with E-state index in [0.29, 0.717) is 5.56 Å². The summed E-state index contributed by atoms with van der Waals surface area (Å²) in [6, 6.07) is 15.2. The van der Waals surface area contributed by atoms with Crippen molar-refractivity contribution in [1.82, 2.24) is 4.57 Å². The number of nitro benzene ring substituents is 1. The van der Waals surface area contributed by atoms with Gasteiger partial charge in [-0.15, -0.1) is 0 Å². The van der Waals surface area contributed by atoms with Crippen molar-refractivity contribution in [3.63, 3.8) is 0 Å². The predicted molar refractivity (Wildman–Crippen MR) is 123 cm³/mol. The van der Waals surface area contributed by atoms with E-state index in [0.717, 1.165) is 45.6 Å². The third-order valence-electron chi connectivity index (χ3n) is 5.58. The van der Waals surface area contributed by atoms with Crippen molar-refractivity contribution in [2.75, 3.05) is 7.05 Å². The van der Waals surface area contributed by atoms with Crippen molar-refractivity contribution in [1.29, 1.82) is 0 Å². The molecule has 1 aliphatic carbocycles. The number of rotatable bonds is 4. The van der Waals surface area contributed by atoms with Crippen LogP contribution in [0.1, 0.15) is 23.7 Å². The standard InChI is InChI=1S/C25H23N3O2/c1-4-27-17(2)24(20-9-5-7-11-22(20)27)25(18-13-15-19(26-3)16-14-18)21-10-6-8-12-23(21)28(29)30/h5-16H,4H2,1-3H3. The van der Waals surface area contributed by atoms with Gasteiger partial charge in [0.05, 0.1) is 16.2 Å². The van der Waals surface area contributed by atoms with Crippen LogP contribution in [0.5, 0.6) is 0 Å². The first-order valence-electron chi connectivity index (χ1n) is 9.96. The van der Waals surface area contributed by atoms with Gasteiger partial charge in [-0.25, -0.2) is 0 Å². The van der Waals surface area contributed by atoms with E-state index in [4.69, 9.17) is 0 Å². The molecular formula is C25H23N3O2. The molecule has 0 N–H and O–H groups in total. The Morgan fingerprint density at radius 1 is 1.03 bits per heavy atom. The normalized spacial score (nSPS) is 13.2. The van der Waals surface area contributed by atoms with E-state index in [-0.39, 0.29) is 10.6 Å². The molecule has 150 valence electrons. The van der Waals surface area contributed by atoms with Gasteiger partial charge < -0.3 is 4.57 Å². The largest absolute Gasteiger partial charge is 0.345 e. The van der Waals surface area contributed by atoms with Gasteiger partial charge in [0.15, 0.2) is 0 Å². The molecule has 2 aromatic carbocycles. The lowest BCUT2D eigenvalue weighted by molar-refractivity contribution is -0.385. The maximum Gasteiger partial charge on any atom is 0.277 e. The average Bonchev–Trinajstić information content (AvgIpc) is 3.06. The number of hydrogen-bond acceptors (Lipinski definition) is 3. The van der Waals surface area contributed by atoms with Crippen molar-refractivity contribution >= 4 is 27.9 Å². The van der Waals surface area contributed by atoms with Crippen molar-refractivity contribution in [2.45, 2.75) is 20.4 Å². The van der Waals surface area contributed by atoms with Crippen molar-refractivity contribution in [2.24, 2.45) is 4.99 Å². The van der Waals surface area contributed by atoms with E-state index >= 15 is 0 Å². The highest BCUT2D eigenvalue weighted by molar-refractivity contribution is 6.08. The Bertz CT molecular complexity index is 1250. The summed E-state index contributed by atoms with van der Waals surface area (Å²) in [7, 11) is 1.75. The molecule has 1 aromatic heterocycles. The number of hydrogen-bond donors (Lipinski definition) is 0. The molecule has 0 atom stereocenters. The lowest BCUT2D eigenvalue weighted by Gasteiger charge is -2.15. The van der Waals surface area contributed by atoms with Crippen LogP contribution in [0.3, 0.4) is 0 Å². The Balaban J connectivity index is 2.13. The minimum absolute atomic E-state index is 0.101. The predicted octanol–water partition coefficient (Wildman–Crippen LogP) is 5.88. The molecule has 5 heteroatoms. The Kier molecular flexibility index (Phi) is 5.19. The molecule has 0 saturated carbocycles. The van der Waals surface area contributed by atoms with Gasteiger partial charge in [-0.3, -0.25) is 15.1 Å². The number of fused-ring (bicyclic) bond motifs is 1. The third kappa shape index (κ3) is 3.18. The Morgan fingerprint density at radius 2 is 1.70 bits per heavy atom. The van der Waals surface area contributed by atoms with Crippen LogP contribution >= 0.6 is 0 Å². The highest BCUT2D eigenvalue weighted by Gasteiger charge is 2.25. The summed E-state index contributed by atoms with van der Waals surface area (Å²) in [4.78, 5) is 15.8. The average molecular weight is 397 g/mol. The summed E-state index contributed by atoms with van der Waals surface area (Å²) in [5, 5.41) is 13.0. The highest BCUT2D eigenvalue weighted by atomic mass is 16.6. The van der Waals surface area contributed by atoms with Crippen LogP contribution in [0.25, 0.3) is 16.5 Å². The molecule has 1 heterocycles. The van der Waals surface area contributed by atoms with Gasteiger partial charge in [0.1, 0.15) is 0 Å². The molecule has 3 aromatic rings. The van der Waals surface area contributed by atoms with E-state index in [1.54, 1.807) is 19.2 Å². The summed E-state index contributed by atoms with van der Waals surface area (Å²) in [6.07, 6.45) is 7.87. The zero-order chi connectivity index (χ0) is 21.3. The van der Waals surface area contributed by atoms with Gasteiger partial charge in [0.2, 0.25) is 0 Å². The SMILES string of the molecule is CCn1c(C)c(C(=C2C=CC(=NC)C=C2)c2ccccc2[N+](=O)[O-])c2ccccc21. The zero-order valence-electron chi connectivity index (χ0n) is 17.3. The maximum atomic E-state index is 11.9. The van der Waals surface area contributed by atoms with Gasteiger partial charge in [-0.2, -0.15) is 0 Å². The van der Waals surface area contributed by atoms with Gasteiger partial charge in [0.25, 0.3) is 5.69 Å². The number of nitro groups is 1. The zero-order valence-corrected chi connectivity index (χ0v) is 17.3. The Morgan fingerprint density at radius 3 is 2.37 bits per heavy atom. The number of nitrogens with zero attached hydrogens (tertiary/aromatic N) is 3. The van der Waals surface area contributed by atoms with Gasteiger partial charge in [0, 0.05) is 47.4 Å². The number of aliphatic imine (C=N–C) groups is 1. The van der Waals surface area contributed by atoms with Gasteiger partial charge >= 0.3 is 0 Å². The fourth-order valence-corrected chi connectivity index (χ4v) is 4.21. The number of benzene rings is 2. The molecule has 0 saturated heterocycles. The lowest BCUT2D eigenvalue weighted by atomic mass is 9.88. The molecule has 0 spiro atoms. The molecule has 5 nitrogen and oxygen atoms in total. The van der Waals surface area contributed by atoms with Crippen molar-refractivity contribution in [3.05, 3.63) is 105 Å². The highest BCUT2D eigenvalue weighted by Crippen LogP contribution is 2.41. The van der Waals surface area contributed by atoms with E-state index in [2.05, 4.69) is 35.5 Å². The van der Waals surface area contributed by atoms with Crippen LogP contribution in [0.4, 0.5) is 5.69 Å². The lowest BCUT2D eigenvalue weighted by Crippen LogP contribution is -2.03. The maximum absolute atomic E-state index is 11.9. The number of para-hydroxylation sites is 2. The van der Waals surface area contributed by atoms with Crippen LogP contribution in [0.2, 0.25) is 0 Å². The molecule has 0 bridgehead atoms. The molecule has 4 rings (SSSR count). The topological polar surface area (TPSA) is 60.4 Å². The quantitative estimate of drug-likeness (QED) is 0.408. The second kappa shape index (κ2) is 7.95. The summed E-state index contributed by atoms with van der Waals surface area (Å²) < 4.78 is 2.26. The number of allylic oxidation sites excluding steroid dienone is 5. The molecule has 0 fully saturated rings.